The summed E-state index contributed by atoms with van der Waals surface area (Å²) in [6.45, 7) is 6.17. The molecule has 1 aromatic rings. The normalized spacial score (nSPS) is 13.8. The molecule has 2 amide bonds. The highest BCUT2D eigenvalue weighted by molar-refractivity contribution is 5.90. The van der Waals surface area contributed by atoms with E-state index in [1.165, 1.54) is 29.5 Å². The van der Waals surface area contributed by atoms with Crippen molar-refractivity contribution < 1.29 is 9.59 Å². The number of carbonyl (C=O) groups is 2. The Morgan fingerprint density at radius 1 is 1.57 bits per heavy atom. The predicted octanol–water partition coefficient (Wildman–Crippen LogP) is 0.948. The van der Waals surface area contributed by atoms with Crippen molar-refractivity contribution in [2.45, 2.75) is 32.2 Å². The minimum absolute atomic E-state index is 0.0453. The van der Waals surface area contributed by atoms with Gasteiger partial charge < -0.3 is 10.2 Å². The minimum atomic E-state index is -0.235. The number of aromatic nitrogens is 2. The first-order valence-corrected chi connectivity index (χ1v) is 7.26. The lowest BCUT2D eigenvalue weighted by molar-refractivity contribution is -0.132. The summed E-state index contributed by atoms with van der Waals surface area (Å²) >= 11 is 0. The van der Waals surface area contributed by atoms with Crippen LogP contribution in [0.3, 0.4) is 0 Å². The molecule has 0 saturated heterocycles. The molecule has 1 saturated carbocycles. The number of nitrogens with zero attached hydrogens (tertiary/aromatic N) is 3. The third-order valence-electron chi connectivity index (χ3n) is 3.63. The molecule has 1 fully saturated rings. The first-order valence-electron chi connectivity index (χ1n) is 7.26. The van der Waals surface area contributed by atoms with Gasteiger partial charge in [0.1, 0.15) is 0 Å². The van der Waals surface area contributed by atoms with Gasteiger partial charge in [-0.15, -0.1) is 0 Å². The Morgan fingerprint density at radius 2 is 2.29 bits per heavy atom. The second-order valence-electron chi connectivity index (χ2n) is 5.29. The molecule has 1 aromatic heterocycles. The Morgan fingerprint density at radius 3 is 2.86 bits per heavy atom. The van der Waals surface area contributed by atoms with E-state index in [1.807, 2.05) is 24.7 Å². The fourth-order valence-corrected chi connectivity index (χ4v) is 2.28. The van der Waals surface area contributed by atoms with Gasteiger partial charge in [0, 0.05) is 25.2 Å². The molecule has 6 heteroatoms. The number of likely N-dealkylation sites (N-methyl/N-ethyl adjacent to an activating group) is 1. The van der Waals surface area contributed by atoms with Crippen LogP contribution in [0.15, 0.2) is 18.7 Å². The van der Waals surface area contributed by atoms with Gasteiger partial charge >= 0.3 is 0 Å². The molecule has 0 radical (unpaired) electrons. The van der Waals surface area contributed by atoms with E-state index in [4.69, 9.17) is 0 Å². The molecule has 21 heavy (non-hydrogen) atoms. The molecule has 1 N–H and O–H groups in total. The molecular formula is C15H22N4O2. The van der Waals surface area contributed by atoms with Crippen LogP contribution in [0.5, 0.6) is 0 Å². The van der Waals surface area contributed by atoms with E-state index in [9.17, 15) is 9.59 Å². The molecule has 0 aromatic carbocycles. The van der Waals surface area contributed by atoms with Crippen LogP contribution in [0.25, 0.3) is 0 Å². The Bertz CT molecular complexity index is 546. The lowest BCUT2D eigenvalue weighted by Crippen LogP contribution is -2.39. The van der Waals surface area contributed by atoms with Crippen LogP contribution in [-0.4, -0.2) is 39.6 Å². The molecule has 1 aliphatic rings. The minimum Gasteiger partial charge on any atom is -0.349 e. The van der Waals surface area contributed by atoms with Gasteiger partial charge in [-0.1, -0.05) is 6.58 Å². The van der Waals surface area contributed by atoms with E-state index < -0.39 is 0 Å². The summed E-state index contributed by atoms with van der Waals surface area (Å²) in [6, 6.07) is 2.05. The Hall–Kier alpha value is -2.11. The highest BCUT2D eigenvalue weighted by Crippen LogP contribution is 2.39. The molecule has 1 aliphatic carbocycles. The van der Waals surface area contributed by atoms with Crippen LogP contribution in [0.1, 0.15) is 37.1 Å². The van der Waals surface area contributed by atoms with Crippen LogP contribution in [0.4, 0.5) is 0 Å². The molecular weight excluding hydrogens is 268 g/mol. The van der Waals surface area contributed by atoms with Crippen molar-refractivity contribution in [2.24, 2.45) is 7.05 Å². The van der Waals surface area contributed by atoms with Gasteiger partial charge in [0.15, 0.2) is 0 Å². The Labute approximate surface area is 124 Å². The maximum absolute atomic E-state index is 11.9. The van der Waals surface area contributed by atoms with Crippen molar-refractivity contribution in [2.75, 3.05) is 13.1 Å². The van der Waals surface area contributed by atoms with Crippen LogP contribution in [0, 0.1) is 0 Å². The monoisotopic (exact) mass is 290 g/mol. The first-order chi connectivity index (χ1) is 10.0. The van der Waals surface area contributed by atoms with Gasteiger partial charge in [-0.05, 0) is 31.9 Å². The van der Waals surface area contributed by atoms with Gasteiger partial charge in [0.2, 0.25) is 11.8 Å². The van der Waals surface area contributed by atoms with Gasteiger partial charge in [-0.3, -0.25) is 14.3 Å². The quantitative estimate of drug-likeness (QED) is 0.760. The fourth-order valence-electron chi connectivity index (χ4n) is 2.28. The van der Waals surface area contributed by atoms with Gasteiger partial charge in [0.05, 0.1) is 18.8 Å². The maximum Gasteiger partial charge on any atom is 0.246 e. The number of aryl methyl sites for hydroxylation is 1. The van der Waals surface area contributed by atoms with Gasteiger partial charge in [-0.25, -0.2) is 0 Å². The van der Waals surface area contributed by atoms with E-state index in [-0.39, 0.29) is 18.4 Å². The summed E-state index contributed by atoms with van der Waals surface area (Å²) in [5.74, 6) is 0.208. The van der Waals surface area contributed by atoms with Crippen molar-refractivity contribution in [3.8, 4) is 0 Å². The predicted molar refractivity (Wildman–Crippen MR) is 79.5 cm³/mol. The molecule has 0 aliphatic heterocycles. The van der Waals surface area contributed by atoms with Crippen molar-refractivity contribution in [3.63, 3.8) is 0 Å². The zero-order chi connectivity index (χ0) is 15.4. The third-order valence-corrected chi connectivity index (χ3v) is 3.63. The summed E-state index contributed by atoms with van der Waals surface area (Å²) < 4.78 is 1.89. The third kappa shape index (κ3) is 3.93. The summed E-state index contributed by atoms with van der Waals surface area (Å²) in [7, 11) is 1.93. The molecule has 2 rings (SSSR count). The van der Waals surface area contributed by atoms with E-state index in [1.54, 1.807) is 0 Å². The lowest BCUT2D eigenvalue weighted by Gasteiger charge is -2.18. The van der Waals surface area contributed by atoms with Crippen LogP contribution >= 0.6 is 0 Å². The van der Waals surface area contributed by atoms with E-state index in [2.05, 4.69) is 17.0 Å². The van der Waals surface area contributed by atoms with E-state index >= 15 is 0 Å². The van der Waals surface area contributed by atoms with Crippen molar-refractivity contribution in [1.29, 1.82) is 0 Å². The zero-order valence-corrected chi connectivity index (χ0v) is 12.6. The number of nitrogens with one attached hydrogen (secondary N) is 1. The molecule has 6 nitrogen and oxygen atoms in total. The zero-order valence-electron chi connectivity index (χ0n) is 12.6. The van der Waals surface area contributed by atoms with Crippen molar-refractivity contribution in [1.82, 2.24) is 20.0 Å². The van der Waals surface area contributed by atoms with Crippen LogP contribution in [0.2, 0.25) is 0 Å². The molecule has 0 atom stereocenters. The standard InChI is InChI=1S/C15H22N4O2/c1-4-15(21)19(5-2)10-14(20)16-9-12-8-13(11-6-7-11)18(3)17-12/h4,8,11H,1,5-7,9-10H2,2-3H3,(H,16,20). The SMILES string of the molecule is C=CC(=O)N(CC)CC(=O)NCc1cc(C2CC2)n(C)n1. The number of rotatable bonds is 7. The number of hydrogen-bond donors (Lipinski definition) is 1. The molecule has 0 spiro atoms. The molecule has 1 heterocycles. The lowest BCUT2D eigenvalue weighted by atomic mass is 10.2. The number of hydrogen-bond acceptors (Lipinski definition) is 3. The molecule has 0 bridgehead atoms. The average molecular weight is 290 g/mol. The number of amides is 2. The van der Waals surface area contributed by atoms with E-state index in [0.29, 0.717) is 19.0 Å². The topological polar surface area (TPSA) is 67.2 Å². The Balaban J connectivity index is 1.84. The second-order valence-corrected chi connectivity index (χ2v) is 5.29. The summed E-state index contributed by atoms with van der Waals surface area (Å²) in [4.78, 5) is 24.8. The van der Waals surface area contributed by atoms with Gasteiger partial charge in [0.25, 0.3) is 0 Å². The van der Waals surface area contributed by atoms with Crippen LogP contribution in [-0.2, 0) is 23.2 Å². The highest BCUT2D eigenvalue weighted by Gasteiger charge is 2.27. The smallest absolute Gasteiger partial charge is 0.246 e. The second kappa shape index (κ2) is 6.56. The first kappa shape index (κ1) is 15.3. The maximum atomic E-state index is 11.9. The van der Waals surface area contributed by atoms with Gasteiger partial charge in [-0.2, -0.15) is 5.10 Å². The summed E-state index contributed by atoms with van der Waals surface area (Å²) in [5, 5.41) is 7.20. The molecule has 114 valence electrons. The number of carbonyl (C=O) groups excluding carboxylic acids is 2. The highest BCUT2D eigenvalue weighted by atomic mass is 16.2. The Kier molecular flexibility index (Phi) is 4.77. The largest absolute Gasteiger partial charge is 0.349 e. The fraction of sp³-hybridized carbons (Fsp3) is 0.533. The van der Waals surface area contributed by atoms with Crippen molar-refractivity contribution >= 4 is 11.8 Å². The average Bonchev–Trinajstić information content (AvgIpc) is 3.25. The summed E-state index contributed by atoms with van der Waals surface area (Å²) in [5.41, 5.74) is 2.09. The van der Waals surface area contributed by atoms with Crippen molar-refractivity contribution in [3.05, 3.63) is 30.1 Å². The van der Waals surface area contributed by atoms with Crippen LogP contribution < -0.4 is 5.32 Å². The summed E-state index contributed by atoms with van der Waals surface area (Å²) in [6.07, 6.45) is 3.67. The molecule has 0 unspecified atom stereocenters. The van der Waals surface area contributed by atoms with E-state index in [0.717, 1.165) is 5.69 Å².